The van der Waals surface area contributed by atoms with E-state index in [9.17, 15) is 0 Å². The lowest BCUT2D eigenvalue weighted by Gasteiger charge is -2.03. The van der Waals surface area contributed by atoms with Gasteiger partial charge >= 0.3 is 0 Å². The van der Waals surface area contributed by atoms with Crippen LogP contribution in [0.1, 0.15) is 38.7 Å². The molecule has 0 fully saturated rings. The molecule has 0 aliphatic heterocycles. The minimum atomic E-state index is 1.11. The van der Waals surface area contributed by atoms with Gasteiger partial charge in [-0.15, -0.1) is 0 Å². The van der Waals surface area contributed by atoms with E-state index in [4.69, 9.17) is 0 Å². The third-order valence-corrected chi connectivity index (χ3v) is 3.59. The summed E-state index contributed by atoms with van der Waals surface area (Å²) in [5.41, 5.74) is 2.60. The lowest BCUT2D eigenvalue weighted by molar-refractivity contribution is 1.04. The third kappa shape index (κ3) is 4.75. The van der Waals surface area contributed by atoms with Gasteiger partial charge in [0.1, 0.15) is 0 Å². The zero-order valence-corrected chi connectivity index (χ0v) is 13.0. The third-order valence-electron chi connectivity index (χ3n) is 3.59. The molecule has 21 heavy (non-hydrogen) atoms. The molecule has 0 aliphatic carbocycles. The van der Waals surface area contributed by atoms with Crippen molar-refractivity contribution in [3.8, 4) is 0 Å². The number of hydrogen-bond acceptors (Lipinski definition) is 0. The summed E-state index contributed by atoms with van der Waals surface area (Å²) in [5.74, 6) is 0. The smallest absolute Gasteiger partial charge is 0.0178 e. The lowest BCUT2D eigenvalue weighted by Crippen LogP contribution is -1.80. The van der Waals surface area contributed by atoms with E-state index < -0.39 is 0 Å². The Morgan fingerprint density at radius 1 is 0.905 bits per heavy atom. The van der Waals surface area contributed by atoms with Crippen LogP contribution in [0.15, 0.2) is 72.8 Å². The molecule has 2 aromatic carbocycles. The van der Waals surface area contributed by atoms with Crippen LogP contribution in [0.3, 0.4) is 0 Å². The minimum Gasteiger partial charge on any atom is -0.0888 e. The van der Waals surface area contributed by atoms with Crippen LogP contribution < -0.4 is 0 Å². The second-order valence-corrected chi connectivity index (χ2v) is 5.30. The van der Waals surface area contributed by atoms with E-state index in [-0.39, 0.29) is 0 Å². The summed E-state index contributed by atoms with van der Waals surface area (Å²) in [6, 6.07) is 15.2. The fourth-order valence-electron chi connectivity index (χ4n) is 2.32. The van der Waals surface area contributed by atoms with Crippen LogP contribution in [0.5, 0.6) is 0 Å². The average Bonchev–Trinajstić information content (AvgIpc) is 2.53. The first-order valence-corrected chi connectivity index (χ1v) is 7.79. The van der Waals surface area contributed by atoms with Crippen molar-refractivity contribution in [2.24, 2.45) is 0 Å². The summed E-state index contributed by atoms with van der Waals surface area (Å²) < 4.78 is 0. The highest BCUT2D eigenvalue weighted by molar-refractivity contribution is 5.86. The van der Waals surface area contributed by atoms with Gasteiger partial charge in [-0.3, -0.25) is 0 Å². The Labute approximate surface area is 128 Å². The zero-order valence-electron chi connectivity index (χ0n) is 13.0. The van der Waals surface area contributed by atoms with Crippen LogP contribution in [-0.4, -0.2) is 0 Å². The number of unbranched alkanes of at least 4 members (excludes halogenated alkanes) is 1. The molecule has 0 saturated carbocycles. The summed E-state index contributed by atoms with van der Waals surface area (Å²) in [4.78, 5) is 0. The predicted octanol–water partition coefficient (Wildman–Crippen LogP) is 6.55. The average molecular weight is 276 g/mol. The molecule has 0 unspecified atom stereocenters. The van der Waals surface area contributed by atoms with Crippen LogP contribution in [0, 0.1) is 0 Å². The fraction of sp³-hybridized carbons (Fsp3) is 0.238. The van der Waals surface area contributed by atoms with E-state index in [1.165, 1.54) is 21.9 Å². The van der Waals surface area contributed by atoms with Crippen molar-refractivity contribution in [1.29, 1.82) is 0 Å². The molecule has 0 aromatic heterocycles. The molecule has 0 heterocycles. The molecule has 0 heteroatoms. The van der Waals surface area contributed by atoms with Crippen molar-refractivity contribution in [2.75, 3.05) is 0 Å². The van der Waals surface area contributed by atoms with Gasteiger partial charge in [-0.2, -0.15) is 0 Å². The molecule has 0 aliphatic rings. The lowest BCUT2D eigenvalue weighted by atomic mass is 10.0. The van der Waals surface area contributed by atoms with Crippen LogP contribution in [0.2, 0.25) is 0 Å². The first-order chi connectivity index (χ1) is 10.3. The Balaban J connectivity index is 2.00. The van der Waals surface area contributed by atoms with E-state index in [1.807, 2.05) is 0 Å². The molecular weight excluding hydrogens is 252 g/mol. The molecule has 0 spiro atoms. The Morgan fingerprint density at radius 2 is 1.67 bits per heavy atom. The molecule has 2 rings (SSSR count). The predicted molar refractivity (Wildman–Crippen MR) is 95.4 cm³/mol. The first-order valence-electron chi connectivity index (χ1n) is 7.79. The van der Waals surface area contributed by atoms with Gasteiger partial charge in [0.15, 0.2) is 0 Å². The van der Waals surface area contributed by atoms with Gasteiger partial charge in [0.25, 0.3) is 0 Å². The molecule has 0 N–H and O–H groups in total. The topological polar surface area (TPSA) is 0 Å². The van der Waals surface area contributed by atoms with Crippen LogP contribution in [0.25, 0.3) is 16.3 Å². The molecule has 0 nitrogen and oxygen atoms in total. The molecule has 0 radical (unpaired) electrons. The minimum absolute atomic E-state index is 1.11. The summed E-state index contributed by atoms with van der Waals surface area (Å²) in [6.07, 6.45) is 14.5. The maximum atomic E-state index is 2.26. The molecule has 2 aromatic rings. The van der Waals surface area contributed by atoms with Crippen LogP contribution in [0.4, 0.5) is 0 Å². The molecule has 0 atom stereocenters. The number of hydrogen-bond donors (Lipinski definition) is 0. The largest absolute Gasteiger partial charge is 0.0888 e. The van der Waals surface area contributed by atoms with Gasteiger partial charge < -0.3 is 0 Å². The Bertz CT molecular complexity index is 657. The highest BCUT2D eigenvalue weighted by Gasteiger charge is 1.97. The van der Waals surface area contributed by atoms with E-state index in [0.29, 0.717) is 0 Å². The van der Waals surface area contributed by atoms with E-state index in [0.717, 1.165) is 19.3 Å². The Kier molecular flexibility index (Phi) is 6.02. The molecule has 0 saturated heterocycles. The monoisotopic (exact) mass is 276 g/mol. The number of benzene rings is 2. The first kappa shape index (κ1) is 15.3. The maximum Gasteiger partial charge on any atom is -0.0178 e. The SMILES string of the molecule is CCC=CCCC=CC=C(C)c1ccc2ccccc2c1. The number of allylic oxidation sites excluding steroid dienone is 6. The van der Waals surface area contributed by atoms with Crippen molar-refractivity contribution in [2.45, 2.75) is 33.1 Å². The summed E-state index contributed by atoms with van der Waals surface area (Å²) in [7, 11) is 0. The van der Waals surface area contributed by atoms with Gasteiger partial charge in [0, 0.05) is 0 Å². The second kappa shape index (κ2) is 8.26. The Morgan fingerprint density at radius 3 is 2.48 bits per heavy atom. The highest BCUT2D eigenvalue weighted by Crippen LogP contribution is 2.20. The summed E-state index contributed by atoms with van der Waals surface area (Å²) in [5, 5.41) is 2.60. The van der Waals surface area contributed by atoms with Crippen LogP contribution in [-0.2, 0) is 0 Å². The fourth-order valence-corrected chi connectivity index (χ4v) is 2.32. The second-order valence-electron chi connectivity index (χ2n) is 5.30. The highest BCUT2D eigenvalue weighted by atomic mass is 14.0. The van der Waals surface area contributed by atoms with Crippen molar-refractivity contribution in [3.05, 3.63) is 78.4 Å². The maximum absolute atomic E-state index is 2.26. The molecule has 108 valence electrons. The van der Waals surface area contributed by atoms with Crippen molar-refractivity contribution in [1.82, 2.24) is 0 Å². The molecular formula is C21H24. The van der Waals surface area contributed by atoms with Crippen molar-refractivity contribution >= 4 is 16.3 Å². The summed E-state index contributed by atoms with van der Waals surface area (Å²) in [6.45, 7) is 4.34. The van der Waals surface area contributed by atoms with Gasteiger partial charge in [0.05, 0.1) is 0 Å². The normalized spacial score (nSPS) is 12.8. The van der Waals surface area contributed by atoms with Gasteiger partial charge in [-0.25, -0.2) is 0 Å². The zero-order chi connectivity index (χ0) is 14.9. The summed E-state index contributed by atoms with van der Waals surface area (Å²) >= 11 is 0. The quantitative estimate of drug-likeness (QED) is 0.319. The van der Waals surface area contributed by atoms with Gasteiger partial charge in [-0.05, 0) is 54.2 Å². The van der Waals surface area contributed by atoms with Gasteiger partial charge in [0.2, 0.25) is 0 Å². The van der Waals surface area contributed by atoms with Gasteiger partial charge in [-0.1, -0.05) is 73.7 Å². The van der Waals surface area contributed by atoms with Crippen molar-refractivity contribution < 1.29 is 0 Å². The number of fused-ring (bicyclic) bond motifs is 1. The standard InChI is InChI=1S/C21H24/c1-3-4-5-6-7-8-9-12-18(2)20-16-15-19-13-10-11-14-21(19)17-20/h4-5,8-17H,3,6-7H2,1-2H3. The molecule has 0 bridgehead atoms. The van der Waals surface area contributed by atoms with E-state index in [1.54, 1.807) is 0 Å². The van der Waals surface area contributed by atoms with Crippen LogP contribution >= 0.6 is 0 Å². The number of rotatable bonds is 6. The van der Waals surface area contributed by atoms with E-state index in [2.05, 4.69) is 86.7 Å². The Hall–Kier alpha value is -2.08. The molecule has 0 amide bonds. The van der Waals surface area contributed by atoms with Crippen molar-refractivity contribution in [3.63, 3.8) is 0 Å². The van der Waals surface area contributed by atoms with E-state index >= 15 is 0 Å².